The van der Waals surface area contributed by atoms with Crippen LogP contribution < -0.4 is 5.73 Å². The maximum atomic E-state index is 14.2. The summed E-state index contributed by atoms with van der Waals surface area (Å²) in [6.45, 7) is 0.537. The van der Waals surface area contributed by atoms with Gasteiger partial charge < -0.3 is 5.73 Å². The molecule has 3 heteroatoms. The lowest BCUT2D eigenvalue weighted by Crippen LogP contribution is -2.03. The summed E-state index contributed by atoms with van der Waals surface area (Å²) in [6, 6.07) is 13.4. The van der Waals surface area contributed by atoms with Crippen LogP contribution in [-0.4, -0.2) is 11.5 Å². The van der Waals surface area contributed by atoms with Crippen LogP contribution in [-0.2, 0) is 12.8 Å². The van der Waals surface area contributed by atoms with E-state index in [0.29, 0.717) is 24.9 Å². The minimum atomic E-state index is -0.160. The maximum Gasteiger partial charge on any atom is 0.127 e. The van der Waals surface area contributed by atoms with Gasteiger partial charge in [-0.2, -0.15) is 0 Å². The minimum absolute atomic E-state index is 0.160. The van der Waals surface area contributed by atoms with Crippen molar-refractivity contribution < 1.29 is 4.39 Å². The third kappa shape index (κ3) is 2.93. The van der Waals surface area contributed by atoms with Gasteiger partial charge in [-0.1, -0.05) is 30.3 Å². The average molecular weight is 280 g/mol. The number of aromatic nitrogens is 1. The predicted octanol–water partition coefficient (Wildman–Crippen LogP) is 3.47. The lowest BCUT2D eigenvalue weighted by Gasteiger charge is -2.09. The smallest absolute Gasteiger partial charge is 0.127 e. The van der Waals surface area contributed by atoms with Gasteiger partial charge >= 0.3 is 0 Å². The number of hydrogen-bond donors (Lipinski definition) is 1. The van der Waals surface area contributed by atoms with Gasteiger partial charge in [-0.05, 0) is 47.2 Å². The summed E-state index contributed by atoms with van der Waals surface area (Å²) < 4.78 is 14.2. The maximum absolute atomic E-state index is 14.2. The SMILES string of the molecule is NCCc1ccc(Cc2cccc3cnccc23)c(F)c1. The van der Waals surface area contributed by atoms with E-state index in [-0.39, 0.29) is 5.82 Å². The number of pyridine rings is 1. The fourth-order valence-corrected chi connectivity index (χ4v) is 2.61. The molecule has 0 bridgehead atoms. The first-order valence-corrected chi connectivity index (χ1v) is 7.07. The summed E-state index contributed by atoms with van der Waals surface area (Å²) >= 11 is 0. The molecule has 106 valence electrons. The number of halogens is 1. The van der Waals surface area contributed by atoms with Crippen molar-refractivity contribution in [2.24, 2.45) is 5.73 Å². The first-order valence-electron chi connectivity index (χ1n) is 7.07. The molecule has 0 fully saturated rings. The van der Waals surface area contributed by atoms with Gasteiger partial charge in [0.1, 0.15) is 5.82 Å². The quantitative estimate of drug-likeness (QED) is 0.795. The molecule has 0 spiro atoms. The molecule has 0 radical (unpaired) electrons. The van der Waals surface area contributed by atoms with Gasteiger partial charge in [-0.15, -0.1) is 0 Å². The fourth-order valence-electron chi connectivity index (χ4n) is 2.61. The van der Waals surface area contributed by atoms with Crippen LogP contribution in [0, 0.1) is 5.82 Å². The Kier molecular flexibility index (Phi) is 3.93. The van der Waals surface area contributed by atoms with Gasteiger partial charge in [0.2, 0.25) is 0 Å². The molecular formula is C18H17FN2. The van der Waals surface area contributed by atoms with E-state index in [9.17, 15) is 4.39 Å². The van der Waals surface area contributed by atoms with Crippen LogP contribution in [0.25, 0.3) is 10.8 Å². The van der Waals surface area contributed by atoms with Gasteiger partial charge in [0.25, 0.3) is 0 Å². The van der Waals surface area contributed by atoms with Gasteiger partial charge in [-0.3, -0.25) is 4.98 Å². The fraction of sp³-hybridized carbons (Fsp3) is 0.167. The lowest BCUT2D eigenvalue weighted by molar-refractivity contribution is 0.611. The highest BCUT2D eigenvalue weighted by Crippen LogP contribution is 2.22. The summed E-state index contributed by atoms with van der Waals surface area (Å²) in [5, 5.41) is 2.20. The van der Waals surface area contributed by atoms with E-state index in [1.165, 1.54) is 0 Å². The van der Waals surface area contributed by atoms with Gasteiger partial charge in [0, 0.05) is 24.2 Å². The van der Waals surface area contributed by atoms with Crippen LogP contribution in [0.3, 0.4) is 0 Å². The van der Waals surface area contributed by atoms with Crippen molar-refractivity contribution in [3.8, 4) is 0 Å². The van der Waals surface area contributed by atoms with E-state index >= 15 is 0 Å². The summed E-state index contributed by atoms with van der Waals surface area (Å²) in [7, 11) is 0. The van der Waals surface area contributed by atoms with Crippen LogP contribution in [0.5, 0.6) is 0 Å². The van der Waals surface area contributed by atoms with Crippen LogP contribution in [0.15, 0.2) is 54.9 Å². The molecule has 2 nitrogen and oxygen atoms in total. The highest BCUT2D eigenvalue weighted by molar-refractivity contribution is 5.85. The first kappa shape index (κ1) is 13.7. The van der Waals surface area contributed by atoms with Crippen molar-refractivity contribution >= 4 is 10.8 Å². The zero-order valence-electron chi connectivity index (χ0n) is 11.7. The topological polar surface area (TPSA) is 38.9 Å². The van der Waals surface area contributed by atoms with E-state index in [1.54, 1.807) is 12.3 Å². The summed E-state index contributed by atoms with van der Waals surface area (Å²) in [4.78, 5) is 4.12. The van der Waals surface area contributed by atoms with E-state index in [0.717, 1.165) is 21.9 Å². The Hall–Kier alpha value is -2.26. The van der Waals surface area contributed by atoms with E-state index in [4.69, 9.17) is 5.73 Å². The zero-order valence-corrected chi connectivity index (χ0v) is 11.7. The lowest BCUT2D eigenvalue weighted by atomic mass is 9.98. The van der Waals surface area contributed by atoms with Gasteiger partial charge in [-0.25, -0.2) is 4.39 Å². The molecule has 2 aromatic carbocycles. The van der Waals surface area contributed by atoms with Crippen LogP contribution in [0.4, 0.5) is 4.39 Å². The summed E-state index contributed by atoms with van der Waals surface area (Å²) in [5.41, 5.74) is 8.27. The number of nitrogens with zero attached hydrogens (tertiary/aromatic N) is 1. The molecular weight excluding hydrogens is 263 g/mol. The zero-order chi connectivity index (χ0) is 14.7. The average Bonchev–Trinajstić information content (AvgIpc) is 2.51. The molecule has 0 aliphatic heterocycles. The van der Waals surface area contributed by atoms with Crippen molar-refractivity contribution in [3.05, 3.63) is 77.4 Å². The number of nitrogens with two attached hydrogens (primary N) is 1. The second kappa shape index (κ2) is 6.02. The normalized spacial score (nSPS) is 11.0. The monoisotopic (exact) mass is 280 g/mol. The Morgan fingerprint density at radius 1 is 1.05 bits per heavy atom. The van der Waals surface area contributed by atoms with Crippen LogP contribution >= 0.6 is 0 Å². The van der Waals surface area contributed by atoms with E-state index < -0.39 is 0 Å². The Labute approximate surface area is 123 Å². The molecule has 0 aliphatic rings. The second-order valence-electron chi connectivity index (χ2n) is 5.16. The summed E-state index contributed by atoms with van der Waals surface area (Å²) in [6.07, 6.45) is 4.89. The van der Waals surface area contributed by atoms with Gasteiger partial charge in [0.15, 0.2) is 0 Å². The Bertz CT molecular complexity index is 763. The van der Waals surface area contributed by atoms with Crippen molar-refractivity contribution in [2.75, 3.05) is 6.54 Å². The molecule has 0 saturated carbocycles. The molecule has 21 heavy (non-hydrogen) atoms. The first-order chi connectivity index (χ1) is 10.3. The Balaban J connectivity index is 1.95. The third-order valence-electron chi connectivity index (χ3n) is 3.70. The molecule has 0 atom stereocenters. The Morgan fingerprint density at radius 2 is 1.95 bits per heavy atom. The molecule has 0 aliphatic carbocycles. The van der Waals surface area contributed by atoms with Crippen LogP contribution in [0.2, 0.25) is 0 Å². The van der Waals surface area contributed by atoms with Crippen molar-refractivity contribution in [3.63, 3.8) is 0 Å². The molecule has 3 rings (SSSR count). The molecule has 3 aromatic rings. The number of hydrogen-bond acceptors (Lipinski definition) is 2. The largest absolute Gasteiger partial charge is 0.330 e. The highest BCUT2D eigenvalue weighted by atomic mass is 19.1. The van der Waals surface area contributed by atoms with Crippen molar-refractivity contribution in [2.45, 2.75) is 12.8 Å². The third-order valence-corrected chi connectivity index (χ3v) is 3.70. The molecule has 1 aromatic heterocycles. The molecule has 0 saturated heterocycles. The van der Waals surface area contributed by atoms with Crippen molar-refractivity contribution in [1.29, 1.82) is 0 Å². The van der Waals surface area contributed by atoms with E-state index in [1.807, 2.05) is 42.6 Å². The molecule has 2 N–H and O–H groups in total. The van der Waals surface area contributed by atoms with Crippen LogP contribution in [0.1, 0.15) is 16.7 Å². The molecule has 0 amide bonds. The molecule has 0 unspecified atom stereocenters. The Morgan fingerprint density at radius 3 is 2.76 bits per heavy atom. The number of fused-ring (bicyclic) bond motifs is 1. The van der Waals surface area contributed by atoms with Crippen molar-refractivity contribution in [1.82, 2.24) is 4.98 Å². The number of benzene rings is 2. The van der Waals surface area contributed by atoms with Gasteiger partial charge in [0.05, 0.1) is 0 Å². The highest BCUT2D eigenvalue weighted by Gasteiger charge is 2.07. The predicted molar refractivity (Wildman–Crippen MR) is 83.7 cm³/mol. The minimum Gasteiger partial charge on any atom is -0.330 e. The second-order valence-corrected chi connectivity index (χ2v) is 5.16. The standard InChI is InChI=1S/C18H17FN2/c19-18-10-13(6-8-20)4-5-15(18)11-14-2-1-3-16-12-21-9-7-17(14)16/h1-5,7,9-10,12H,6,8,11,20H2. The molecule has 1 heterocycles. The van der Waals surface area contributed by atoms with E-state index in [2.05, 4.69) is 4.98 Å². The number of rotatable bonds is 4. The summed E-state index contributed by atoms with van der Waals surface area (Å²) in [5.74, 6) is -0.160.